The molecule has 4 aliphatic rings. The molecule has 176 valence electrons. The second-order valence-corrected chi connectivity index (χ2v) is 10.6. The number of hydrogen-bond acceptors (Lipinski definition) is 4. The van der Waals surface area contributed by atoms with Gasteiger partial charge >= 0.3 is 11.9 Å². The van der Waals surface area contributed by atoms with Crippen molar-refractivity contribution >= 4 is 11.9 Å². The summed E-state index contributed by atoms with van der Waals surface area (Å²) in [6.07, 6.45) is 9.44. The van der Waals surface area contributed by atoms with E-state index in [1.165, 1.54) is 18.1 Å². The lowest BCUT2D eigenvalue weighted by Gasteiger charge is -2.57. The van der Waals surface area contributed by atoms with Crippen molar-refractivity contribution in [3.8, 4) is 0 Å². The van der Waals surface area contributed by atoms with E-state index in [0.29, 0.717) is 29.7 Å². The molecule has 0 unspecified atom stereocenters. The highest BCUT2D eigenvalue weighted by Crippen LogP contribution is 2.67. The van der Waals surface area contributed by atoms with Gasteiger partial charge in [0.1, 0.15) is 5.76 Å². The molecule has 4 aliphatic carbocycles. The summed E-state index contributed by atoms with van der Waals surface area (Å²) in [6, 6.07) is 0. The van der Waals surface area contributed by atoms with Gasteiger partial charge < -0.3 is 9.47 Å². The standard InChI is InChI=1S/C27H37FO4/c1-6-17-14-19-20-8-9-22(24(28)25(30)31-7-2)26(20,4)13-11-21(19)27(5)12-10-18(15-23(17)27)32-16(3)29/h15,19-21H,6-14H2,1-5H3/t19-,20-,21-,26-,27+/m0/s1. The molecule has 2 fully saturated rings. The van der Waals surface area contributed by atoms with E-state index in [9.17, 15) is 9.59 Å². The SMILES string of the molecule is CCOC(=O)C(F)=C1CC[C@H]2[C@@H]3CC(CC)=C4C=C(OC(C)=O)CC[C@]4(C)[C@H]3CC[C@]12C. The number of esters is 2. The molecule has 0 radical (unpaired) electrons. The van der Waals surface area contributed by atoms with Crippen LogP contribution in [0, 0.1) is 28.6 Å². The highest BCUT2D eigenvalue weighted by atomic mass is 19.1. The number of hydrogen-bond donors (Lipinski definition) is 0. The average Bonchev–Trinajstić information content (AvgIpc) is 3.10. The average molecular weight is 445 g/mol. The minimum atomic E-state index is -0.797. The number of carbonyl (C=O) groups excluding carboxylic acids is 2. The number of halogens is 1. The van der Waals surface area contributed by atoms with Gasteiger partial charge in [-0.2, -0.15) is 4.39 Å². The molecule has 0 amide bonds. The van der Waals surface area contributed by atoms with Crippen LogP contribution in [-0.2, 0) is 19.1 Å². The van der Waals surface area contributed by atoms with E-state index >= 15 is 4.39 Å². The molecule has 5 heteroatoms. The van der Waals surface area contributed by atoms with E-state index in [0.717, 1.165) is 50.7 Å². The summed E-state index contributed by atoms with van der Waals surface area (Å²) in [5.41, 5.74) is 3.31. The molecule has 32 heavy (non-hydrogen) atoms. The molecule has 4 rings (SSSR count). The lowest BCUT2D eigenvalue weighted by atomic mass is 9.47. The molecule has 2 saturated carbocycles. The Morgan fingerprint density at radius 2 is 1.81 bits per heavy atom. The first-order chi connectivity index (χ1) is 15.2. The zero-order valence-electron chi connectivity index (χ0n) is 20.2. The van der Waals surface area contributed by atoms with Crippen molar-refractivity contribution in [3.63, 3.8) is 0 Å². The van der Waals surface area contributed by atoms with Gasteiger partial charge in [-0.25, -0.2) is 4.79 Å². The highest BCUT2D eigenvalue weighted by Gasteiger charge is 2.58. The second kappa shape index (κ2) is 8.46. The molecular formula is C27H37FO4. The van der Waals surface area contributed by atoms with Crippen LogP contribution in [0.2, 0.25) is 0 Å². The Labute approximate surface area is 191 Å². The number of allylic oxidation sites excluding steroid dienone is 5. The third-order valence-corrected chi connectivity index (χ3v) is 9.14. The zero-order chi connectivity index (χ0) is 23.3. The van der Waals surface area contributed by atoms with Crippen LogP contribution >= 0.6 is 0 Å². The van der Waals surface area contributed by atoms with E-state index in [-0.39, 0.29) is 23.4 Å². The van der Waals surface area contributed by atoms with Crippen LogP contribution in [0.5, 0.6) is 0 Å². The van der Waals surface area contributed by atoms with Crippen LogP contribution in [0.1, 0.15) is 86.0 Å². The summed E-state index contributed by atoms with van der Waals surface area (Å²) >= 11 is 0. The van der Waals surface area contributed by atoms with E-state index < -0.39 is 11.8 Å². The fourth-order valence-corrected chi connectivity index (χ4v) is 7.66. The molecule has 0 heterocycles. The van der Waals surface area contributed by atoms with Gasteiger partial charge in [0, 0.05) is 13.3 Å². The van der Waals surface area contributed by atoms with Crippen molar-refractivity contribution in [1.82, 2.24) is 0 Å². The van der Waals surface area contributed by atoms with Crippen LogP contribution in [-0.4, -0.2) is 18.5 Å². The van der Waals surface area contributed by atoms with Gasteiger partial charge in [-0.05, 0) is 97.7 Å². The number of carbonyl (C=O) groups is 2. The smallest absolute Gasteiger partial charge is 0.367 e. The predicted octanol–water partition coefficient (Wildman–Crippen LogP) is 6.57. The Morgan fingerprint density at radius 1 is 1.09 bits per heavy atom. The lowest BCUT2D eigenvalue weighted by Crippen LogP contribution is -2.49. The summed E-state index contributed by atoms with van der Waals surface area (Å²) in [7, 11) is 0. The van der Waals surface area contributed by atoms with Crippen molar-refractivity contribution in [1.29, 1.82) is 0 Å². The molecular weight excluding hydrogens is 407 g/mol. The van der Waals surface area contributed by atoms with Crippen LogP contribution < -0.4 is 0 Å². The third kappa shape index (κ3) is 3.56. The Hall–Kier alpha value is -1.91. The van der Waals surface area contributed by atoms with Crippen molar-refractivity contribution < 1.29 is 23.5 Å². The van der Waals surface area contributed by atoms with Crippen LogP contribution in [0.25, 0.3) is 0 Å². The molecule has 0 N–H and O–H groups in total. The van der Waals surface area contributed by atoms with Gasteiger partial charge in [-0.1, -0.05) is 26.3 Å². The third-order valence-electron chi connectivity index (χ3n) is 9.14. The van der Waals surface area contributed by atoms with E-state index in [1.54, 1.807) is 6.92 Å². The molecule has 5 atom stereocenters. The largest absolute Gasteiger partial charge is 0.461 e. The predicted molar refractivity (Wildman–Crippen MR) is 121 cm³/mol. The van der Waals surface area contributed by atoms with Crippen LogP contribution in [0.15, 0.2) is 34.4 Å². The van der Waals surface area contributed by atoms with E-state index in [1.807, 2.05) is 0 Å². The molecule has 0 aromatic carbocycles. The summed E-state index contributed by atoms with van der Waals surface area (Å²) < 4.78 is 25.6. The normalized spacial score (nSPS) is 37.7. The van der Waals surface area contributed by atoms with Crippen LogP contribution in [0.3, 0.4) is 0 Å². The zero-order valence-corrected chi connectivity index (χ0v) is 20.2. The molecule has 0 aromatic rings. The molecule has 0 aromatic heterocycles. The minimum Gasteiger partial charge on any atom is -0.461 e. The minimum absolute atomic E-state index is 0.0609. The summed E-state index contributed by atoms with van der Waals surface area (Å²) in [4.78, 5) is 23.7. The number of rotatable bonds is 4. The van der Waals surface area contributed by atoms with Gasteiger partial charge in [-0.15, -0.1) is 0 Å². The van der Waals surface area contributed by atoms with Gasteiger partial charge in [0.2, 0.25) is 5.83 Å². The number of fused-ring (bicyclic) bond motifs is 5. The maximum atomic E-state index is 15.1. The molecule has 0 aliphatic heterocycles. The number of ether oxygens (including phenoxy) is 2. The van der Waals surface area contributed by atoms with Crippen molar-refractivity contribution in [2.24, 2.45) is 28.6 Å². The summed E-state index contributed by atoms with van der Waals surface area (Å²) in [5, 5.41) is 0. The lowest BCUT2D eigenvalue weighted by molar-refractivity contribution is -0.140. The monoisotopic (exact) mass is 444 g/mol. The molecule has 0 spiro atoms. The Balaban J connectivity index is 1.70. The molecule has 4 nitrogen and oxygen atoms in total. The van der Waals surface area contributed by atoms with Crippen molar-refractivity contribution in [2.45, 2.75) is 86.0 Å². The molecule has 0 bridgehead atoms. The van der Waals surface area contributed by atoms with Gasteiger partial charge in [-0.3, -0.25) is 4.79 Å². The van der Waals surface area contributed by atoms with Crippen molar-refractivity contribution in [3.05, 3.63) is 34.4 Å². The van der Waals surface area contributed by atoms with Gasteiger partial charge in [0.05, 0.1) is 6.61 Å². The van der Waals surface area contributed by atoms with Gasteiger partial charge in [0.15, 0.2) is 0 Å². The summed E-state index contributed by atoms with van der Waals surface area (Å²) in [6.45, 7) is 10.2. The van der Waals surface area contributed by atoms with E-state index in [2.05, 4.69) is 26.8 Å². The van der Waals surface area contributed by atoms with Crippen molar-refractivity contribution in [2.75, 3.05) is 6.61 Å². The topological polar surface area (TPSA) is 52.6 Å². The first-order valence-corrected chi connectivity index (χ1v) is 12.3. The molecule has 0 saturated heterocycles. The Bertz CT molecular complexity index is 913. The summed E-state index contributed by atoms with van der Waals surface area (Å²) in [5.74, 6) is 0.506. The second-order valence-electron chi connectivity index (χ2n) is 10.6. The highest BCUT2D eigenvalue weighted by molar-refractivity contribution is 5.87. The maximum Gasteiger partial charge on any atom is 0.367 e. The quantitative estimate of drug-likeness (QED) is 0.363. The van der Waals surface area contributed by atoms with Gasteiger partial charge in [0.25, 0.3) is 0 Å². The first kappa shape index (κ1) is 23.3. The fraction of sp³-hybridized carbons (Fsp3) is 0.704. The Morgan fingerprint density at radius 3 is 2.47 bits per heavy atom. The van der Waals surface area contributed by atoms with E-state index in [4.69, 9.17) is 9.47 Å². The van der Waals surface area contributed by atoms with Crippen LogP contribution in [0.4, 0.5) is 4.39 Å². The fourth-order valence-electron chi connectivity index (χ4n) is 7.66. The first-order valence-electron chi connectivity index (χ1n) is 12.3. The Kier molecular flexibility index (Phi) is 6.15. The maximum absolute atomic E-state index is 15.1.